The number of halogens is 2. The average Bonchev–Trinajstić information content (AvgIpc) is 1.37. The zero-order valence-electron chi connectivity index (χ0n) is 2.41. The lowest BCUT2D eigenvalue weighted by Gasteiger charge is -1.43. The fraction of sp³-hybridized carbons (Fsp3) is 0. The van der Waals surface area contributed by atoms with Crippen molar-refractivity contribution >= 4 is 11.6 Å². The number of rotatable bonds is 0. The van der Waals surface area contributed by atoms with Crippen LogP contribution in [-0.4, -0.2) is 5.48 Å². The molecule has 0 radical (unpaired) electrons. The Hall–Kier alpha value is -0.0800. The van der Waals surface area contributed by atoms with Crippen molar-refractivity contribution in [3.8, 4) is 0 Å². The molecule has 0 aromatic carbocycles. The van der Waals surface area contributed by atoms with Gasteiger partial charge in [0.1, 0.15) is 0 Å². The molecule has 0 aliphatic rings. The molecule has 2 N–H and O–H groups in total. The van der Waals surface area contributed by atoms with Gasteiger partial charge >= 0.3 is 0 Å². The monoisotopic (exact) mass is 98.0 g/mol. The third kappa shape index (κ3) is 17.1. The number of hydrogen-bond donors (Lipinski definition) is 0. The standard InChI is InChI=1S/C2H2ClF.H2O/c3-1-2-4;/h1-2H;1H2. The van der Waals surface area contributed by atoms with E-state index in [-0.39, 0.29) is 11.8 Å². The largest absolute Gasteiger partial charge is 0.412 e. The Bertz CT molecular complexity index is 24.8. The maximum atomic E-state index is 10.4. The van der Waals surface area contributed by atoms with Crippen LogP contribution < -0.4 is 0 Å². The molecule has 32 valence electrons. The summed E-state index contributed by atoms with van der Waals surface area (Å²) in [6.07, 6.45) is 0.265. The molecule has 0 saturated heterocycles. The predicted molar refractivity (Wildman–Crippen MR) is 19.7 cm³/mol. The van der Waals surface area contributed by atoms with Gasteiger partial charge in [0.25, 0.3) is 0 Å². The SMILES string of the molecule is FC=CCl.O. The highest BCUT2D eigenvalue weighted by molar-refractivity contribution is 6.25. The van der Waals surface area contributed by atoms with Gasteiger partial charge in [-0.05, 0) is 0 Å². The van der Waals surface area contributed by atoms with Crippen LogP contribution in [0.2, 0.25) is 0 Å². The van der Waals surface area contributed by atoms with Crippen molar-refractivity contribution in [2.24, 2.45) is 0 Å². The third-order valence-corrected chi connectivity index (χ3v) is 0.143. The molecular weight excluding hydrogens is 94.5 g/mol. The second kappa shape index (κ2) is 9.07. The van der Waals surface area contributed by atoms with E-state index in [9.17, 15) is 4.39 Å². The van der Waals surface area contributed by atoms with Crippen LogP contribution in [-0.2, 0) is 0 Å². The molecule has 0 rings (SSSR count). The zero-order chi connectivity index (χ0) is 3.41. The molecule has 0 aromatic rings. The minimum Gasteiger partial charge on any atom is -0.412 e. The van der Waals surface area contributed by atoms with E-state index in [0.717, 1.165) is 5.54 Å². The summed E-state index contributed by atoms with van der Waals surface area (Å²) in [6.45, 7) is 0. The Balaban J connectivity index is 0. The topological polar surface area (TPSA) is 31.5 Å². The number of hydrogen-bond acceptors (Lipinski definition) is 0. The fourth-order valence-electron chi connectivity index (χ4n) is 0. The van der Waals surface area contributed by atoms with Crippen molar-refractivity contribution in [3.05, 3.63) is 11.9 Å². The molecule has 0 bridgehead atoms. The quantitative estimate of drug-likeness (QED) is 0.430. The first-order valence-corrected chi connectivity index (χ1v) is 1.21. The summed E-state index contributed by atoms with van der Waals surface area (Å²) in [6, 6.07) is 0. The lowest BCUT2D eigenvalue weighted by atomic mass is 11.2. The maximum Gasteiger partial charge on any atom is 0.0979 e. The first-order valence-electron chi connectivity index (χ1n) is 0.770. The zero-order valence-corrected chi connectivity index (χ0v) is 3.17. The lowest BCUT2D eigenvalue weighted by molar-refractivity contribution is 0.723. The summed E-state index contributed by atoms with van der Waals surface area (Å²) < 4.78 is 10.4. The van der Waals surface area contributed by atoms with Gasteiger partial charge in [-0.15, -0.1) is 0 Å². The van der Waals surface area contributed by atoms with Crippen molar-refractivity contribution in [3.63, 3.8) is 0 Å². The molecule has 0 heterocycles. The van der Waals surface area contributed by atoms with E-state index in [2.05, 4.69) is 11.6 Å². The van der Waals surface area contributed by atoms with Gasteiger partial charge in [-0.25, -0.2) is 4.39 Å². The Morgan fingerprint density at radius 3 is 1.80 bits per heavy atom. The highest BCUT2D eigenvalue weighted by atomic mass is 35.5. The molecule has 5 heavy (non-hydrogen) atoms. The predicted octanol–water partition coefficient (Wildman–Crippen LogP) is 0.841. The molecule has 0 fully saturated rings. The van der Waals surface area contributed by atoms with E-state index in [0.29, 0.717) is 0 Å². The molecule has 0 amide bonds. The van der Waals surface area contributed by atoms with E-state index in [1.54, 1.807) is 0 Å². The lowest BCUT2D eigenvalue weighted by Crippen LogP contribution is -1.14. The minimum atomic E-state index is 0. The molecule has 0 aromatic heterocycles. The first-order chi connectivity index (χ1) is 1.91. The minimum absolute atomic E-state index is 0. The van der Waals surface area contributed by atoms with Crippen LogP contribution in [0.4, 0.5) is 4.39 Å². The molecule has 0 aliphatic heterocycles. The van der Waals surface area contributed by atoms with Crippen molar-refractivity contribution in [1.29, 1.82) is 0 Å². The van der Waals surface area contributed by atoms with E-state index in [4.69, 9.17) is 0 Å². The van der Waals surface area contributed by atoms with Crippen molar-refractivity contribution in [2.45, 2.75) is 0 Å². The maximum absolute atomic E-state index is 10.4. The van der Waals surface area contributed by atoms with E-state index in [1.165, 1.54) is 0 Å². The van der Waals surface area contributed by atoms with E-state index in [1.807, 2.05) is 0 Å². The molecule has 0 saturated carbocycles. The highest BCUT2D eigenvalue weighted by Gasteiger charge is 1.41. The molecule has 0 aliphatic carbocycles. The van der Waals surface area contributed by atoms with Gasteiger partial charge in [-0.1, -0.05) is 11.6 Å². The van der Waals surface area contributed by atoms with Crippen LogP contribution in [0.5, 0.6) is 0 Å². The Labute approximate surface area is 34.4 Å². The van der Waals surface area contributed by atoms with Crippen LogP contribution in [0, 0.1) is 0 Å². The molecular formula is C2H4ClFO. The summed E-state index contributed by atoms with van der Waals surface area (Å²) in [5.74, 6) is 0. The van der Waals surface area contributed by atoms with Gasteiger partial charge < -0.3 is 5.48 Å². The van der Waals surface area contributed by atoms with E-state index >= 15 is 0 Å². The van der Waals surface area contributed by atoms with Gasteiger partial charge in [0.15, 0.2) is 0 Å². The molecule has 0 atom stereocenters. The van der Waals surface area contributed by atoms with Gasteiger partial charge in [0, 0.05) is 5.54 Å². The fourth-order valence-corrected chi connectivity index (χ4v) is 0. The van der Waals surface area contributed by atoms with Crippen molar-refractivity contribution in [1.82, 2.24) is 0 Å². The average molecular weight is 98.5 g/mol. The third-order valence-electron chi connectivity index (χ3n) is 0.0476. The van der Waals surface area contributed by atoms with Gasteiger partial charge in [0.2, 0.25) is 0 Å². The Morgan fingerprint density at radius 1 is 1.60 bits per heavy atom. The van der Waals surface area contributed by atoms with Gasteiger partial charge in [-0.3, -0.25) is 0 Å². The molecule has 3 heteroatoms. The van der Waals surface area contributed by atoms with Gasteiger partial charge in [0.05, 0.1) is 6.33 Å². The molecule has 0 spiro atoms. The summed E-state index contributed by atoms with van der Waals surface area (Å²) in [4.78, 5) is 0. The first kappa shape index (κ1) is 8.87. The second-order valence-corrected chi connectivity index (χ2v) is 0.504. The van der Waals surface area contributed by atoms with Crippen molar-refractivity contribution in [2.75, 3.05) is 0 Å². The van der Waals surface area contributed by atoms with Crippen LogP contribution in [0.3, 0.4) is 0 Å². The highest BCUT2D eigenvalue weighted by Crippen LogP contribution is 1.73. The Kier molecular flexibility index (Phi) is 16.1. The van der Waals surface area contributed by atoms with Crippen LogP contribution in [0.15, 0.2) is 11.9 Å². The smallest absolute Gasteiger partial charge is 0.0979 e. The normalized spacial score (nSPS) is 7.60. The molecule has 1 nitrogen and oxygen atoms in total. The van der Waals surface area contributed by atoms with Crippen LogP contribution in [0.25, 0.3) is 0 Å². The van der Waals surface area contributed by atoms with Crippen LogP contribution in [0.1, 0.15) is 0 Å². The summed E-state index contributed by atoms with van der Waals surface area (Å²) in [7, 11) is 0. The second-order valence-electron chi connectivity index (χ2n) is 0.252. The van der Waals surface area contributed by atoms with E-state index < -0.39 is 0 Å². The van der Waals surface area contributed by atoms with Crippen LogP contribution >= 0.6 is 11.6 Å². The van der Waals surface area contributed by atoms with Crippen molar-refractivity contribution < 1.29 is 9.87 Å². The Morgan fingerprint density at radius 2 is 1.80 bits per heavy atom. The molecule has 0 unspecified atom stereocenters. The summed E-state index contributed by atoms with van der Waals surface area (Å²) >= 11 is 4.63. The van der Waals surface area contributed by atoms with Gasteiger partial charge in [-0.2, -0.15) is 0 Å². The summed E-state index contributed by atoms with van der Waals surface area (Å²) in [5.41, 5.74) is 0.806. The summed E-state index contributed by atoms with van der Waals surface area (Å²) in [5, 5.41) is 0.